The van der Waals surface area contributed by atoms with Crippen molar-refractivity contribution in [3.05, 3.63) is 42.2 Å². The number of guanidine groups is 1. The zero-order valence-corrected chi connectivity index (χ0v) is 17.9. The lowest BCUT2D eigenvalue weighted by Crippen LogP contribution is -2.33. The molecular weight excluding hydrogens is 445 g/mol. The number of hydrogen-bond acceptors (Lipinski definition) is 4. The van der Waals surface area contributed by atoms with Gasteiger partial charge >= 0.3 is 0 Å². The molecule has 0 radical (unpaired) electrons. The van der Waals surface area contributed by atoms with Crippen LogP contribution in [0.4, 0.5) is 5.69 Å². The minimum absolute atomic E-state index is 0. The molecule has 0 saturated carbocycles. The number of nitrogens with zero attached hydrogens (tertiary/aromatic N) is 3. The second-order valence-electron chi connectivity index (χ2n) is 5.63. The standard InChI is InChI=1S/C18H27N5O2.HI/c1-15-13-21-23(14-15)9-8-20-18(19-2)22-16-6-4-7-17(12-16)25-11-5-10-24-3;/h4,6-7,12-14H,5,8-11H2,1-3H3,(H2,19,20,22);1H. The Bertz CT molecular complexity index is 675. The van der Waals surface area contributed by atoms with Crippen molar-refractivity contribution in [2.45, 2.75) is 19.9 Å². The fourth-order valence-corrected chi connectivity index (χ4v) is 2.25. The van der Waals surface area contributed by atoms with Crippen LogP contribution < -0.4 is 15.4 Å². The van der Waals surface area contributed by atoms with E-state index >= 15 is 0 Å². The SMILES string of the molecule is CN=C(NCCn1cc(C)cn1)Nc1cccc(OCCCOC)c1.I. The molecule has 1 aromatic heterocycles. The van der Waals surface area contributed by atoms with Crippen LogP contribution in [0.1, 0.15) is 12.0 Å². The van der Waals surface area contributed by atoms with Gasteiger partial charge in [-0.1, -0.05) is 6.07 Å². The van der Waals surface area contributed by atoms with E-state index in [0.717, 1.165) is 36.5 Å². The highest BCUT2D eigenvalue weighted by Gasteiger charge is 2.02. The van der Waals surface area contributed by atoms with Gasteiger partial charge in [0.15, 0.2) is 5.96 Å². The Morgan fingerprint density at radius 3 is 2.85 bits per heavy atom. The van der Waals surface area contributed by atoms with Crippen molar-refractivity contribution in [2.75, 3.05) is 39.2 Å². The number of hydrogen-bond donors (Lipinski definition) is 2. The fourth-order valence-electron chi connectivity index (χ4n) is 2.25. The molecule has 144 valence electrons. The van der Waals surface area contributed by atoms with Crippen LogP contribution in [-0.4, -0.2) is 49.7 Å². The lowest BCUT2D eigenvalue weighted by molar-refractivity contribution is 0.172. The van der Waals surface area contributed by atoms with Crippen molar-refractivity contribution in [2.24, 2.45) is 4.99 Å². The van der Waals surface area contributed by atoms with Gasteiger partial charge in [0.2, 0.25) is 0 Å². The summed E-state index contributed by atoms with van der Waals surface area (Å²) in [4.78, 5) is 4.24. The number of methoxy groups -OCH3 is 1. The Hall–Kier alpha value is -1.81. The second-order valence-corrected chi connectivity index (χ2v) is 5.63. The van der Waals surface area contributed by atoms with E-state index in [2.05, 4.69) is 20.7 Å². The number of aromatic nitrogens is 2. The number of rotatable bonds is 9. The van der Waals surface area contributed by atoms with Gasteiger partial charge in [0, 0.05) is 51.7 Å². The van der Waals surface area contributed by atoms with Crippen LogP contribution in [0.5, 0.6) is 5.75 Å². The third-order valence-corrected chi connectivity index (χ3v) is 3.48. The average Bonchev–Trinajstić information content (AvgIpc) is 3.03. The summed E-state index contributed by atoms with van der Waals surface area (Å²) in [5.74, 6) is 1.53. The summed E-state index contributed by atoms with van der Waals surface area (Å²) >= 11 is 0. The van der Waals surface area contributed by atoms with Crippen molar-refractivity contribution in [3.63, 3.8) is 0 Å². The molecule has 0 amide bonds. The third kappa shape index (κ3) is 8.05. The predicted octanol–water partition coefficient (Wildman–Crippen LogP) is 2.91. The normalized spacial score (nSPS) is 11.0. The molecule has 8 heteroatoms. The molecule has 0 aliphatic carbocycles. The first-order valence-corrected chi connectivity index (χ1v) is 8.40. The van der Waals surface area contributed by atoms with Gasteiger partial charge in [-0.3, -0.25) is 9.67 Å². The molecule has 2 aromatic rings. The summed E-state index contributed by atoms with van der Waals surface area (Å²) in [6.07, 6.45) is 4.73. The molecule has 2 N–H and O–H groups in total. The van der Waals surface area contributed by atoms with E-state index in [1.54, 1.807) is 14.2 Å². The molecule has 0 unspecified atom stereocenters. The van der Waals surface area contributed by atoms with Crippen LogP contribution in [0.2, 0.25) is 0 Å². The zero-order chi connectivity index (χ0) is 17.9. The van der Waals surface area contributed by atoms with Crippen molar-refractivity contribution < 1.29 is 9.47 Å². The van der Waals surface area contributed by atoms with E-state index < -0.39 is 0 Å². The van der Waals surface area contributed by atoms with Crippen molar-refractivity contribution >= 4 is 35.6 Å². The predicted molar refractivity (Wildman–Crippen MR) is 116 cm³/mol. The highest BCUT2D eigenvalue weighted by molar-refractivity contribution is 14.0. The Labute approximate surface area is 172 Å². The smallest absolute Gasteiger partial charge is 0.195 e. The number of aryl methyl sites for hydroxylation is 1. The van der Waals surface area contributed by atoms with Gasteiger partial charge < -0.3 is 20.1 Å². The van der Waals surface area contributed by atoms with Gasteiger partial charge in [0.05, 0.1) is 19.3 Å². The minimum atomic E-state index is 0. The Morgan fingerprint density at radius 2 is 2.15 bits per heavy atom. The molecule has 0 spiro atoms. The molecular formula is C18H28IN5O2. The largest absolute Gasteiger partial charge is 0.493 e. The maximum atomic E-state index is 5.71. The minimum Gasteiger partial charge on any atom is -0.493 e. The van der Waals surface area contributed by atoms with Gasteiger partial charge in [0.1, 0.15) is 5.75 Å². The summed E-state index contributed by atoms with van der Waals surface area (Å²) in [7, 11) is 3.44. The molecule has 7 nitrogen and oxygen atoms in total. The molecule has 1 heterocycles. The Morgan fingerprint density at radius 1 is 1.31 bits per heavy atom. The summed E-state index contributed by atoms with van der Waals surface area (Å²) < 4.78 is 12.6. The van der Waals surface area contributed by atoms with E-state index in [1.165, 1.54) is 0 Å². The van der Waals surface area contributed by atoms with Crippen LogP contribution in [0, 0.1) is 6.92 Å². The number of aliphatic imine (C=N–C) groups is 1. The third-order valence-electron chi connectivity index (χ3n) is 3.48. The van der Waals surface area contributed by atoms with Crippen LogP contribution >= 0.6 is 24.0 Å². The van der Waals surface area contributed by atoms with E-state index in [0.29, 0.717) is 19.2 Å². The number of nitrogens with one attached hydrogen (secondary N) is 2. The Kier molecular flexibility index (Phi) is 10.7. The molecule has 0 fully saturated rings. The molecule has 2 rings (SSSR count). The highest BCUT2D eigenvalue weighted by atomic mass is 127. The zero-order valence-electron chi connectivity index (χ0n) is 15.6. The van der Waals surface area contributed by atoms with Gasteiger partial charge in [0.25, 0.3) is 0 Å². The number of anilines is 1. The summed E-state index contributed by atoms with van der Waals surface area (Å²) in [5, 5.41) is 10.8. The lowest BCUT2D eigenvalue weighted by Gasteiger charge is -2.13. The maximum absolute atomic E-state index is 5.71. The highest BCUT2D eigenvalue weighted by Crippen LogP contribution is 2.17. The first kappa shape index (κ1) is 22.2. The quantitative estimate of drug-likeness (QED) is 0.254. The lowest BCUT2D eigenvalue weighted by atomic mass is 10.3. The van der Waals surface area contributed by atoms with Crippen molar-refractivity contribution in [3.8, 4) is 5.75 Å². The fraction of sp³-hybridized carbons (Fsp3) is 0.444. The van der Waals surface area contributed by atoms with Gasteiger partial charge in [-0.25, -0.2) is 0 Å². The van der Waals surface area contributed by atoms with E-state index in [9.17, 15) is 0 Å². The average molecular weight is 473 g/mol. The van der Waals surface area contributed by atoms with E-state index in [4.69, 9.17) is 9.47 Å². The van der Waals surface area contributed by atoms with E-state index in [-0.39, 0.29) is 24.0 Å². The number of benzene rings is 1. The molecule has 0 aliphatic rings. The summed E-state index contributed by atoms with van der Waals surface area (Å²) in [6, 6.07) is 7.82. The van der Waals surface area contributed by atoms with Crippen molar-refractivity contribution in [1.29, 1.82) is 0 Å². The number of halogens is 1. The summed E-state index contributed by atoms with van der Waals surface area (Å²) in [5.41, 5.74) is 2.08. The first-order chi connectivity index (χ1) is 12.2. The van der Waals surface area contributed by atoms with Gasteiger partial charge in [-0.15, -0.1) is 24.0 Å². The maximum Gasteiger partial charge on any atom is 0.195 e. The van der Waals surface area contributed by atoms with Crippen LogP contribution in [0.25, 0.3) is 0 Å². The van der Waals surface area contributed by atoms with Crippen LogP contribution in [0.3, 0.4) is 0 Å². The van der Waals surface area contributed by atoms with E-state index in [1.807, 2.05) is 48.3 Å². The monoisotopic (exact) mass is 473 g/mol. The Balaban J connectivity index is 0.00000338. The van der Waals surface area contributed by atoms with Crippen LogP contribution in [0.15, 0.2) is 41.7 Å². The van der Waals surface area contributed by atoms with Crippen LogP contribution in [-0.2, 0) is 11.3 Å². The molecule has 0 bridgehead atoms. The molecule has 0 atom stereocenters. The molecule has 0 saturated heterocycles. The van der Waals surface area contributed by atoms with Gasteiger partial charge in [-0.05, 0) is 24.6 Å². The molecule has 0 aliphatic heterocycles. The first-order valence-electron chi connectivity index (χ1n) is 8.40. The second kappa shape index (κ2) is 12.5. The molecule has 1 aromatic carbocycles. The number of ether oxygens (including phenoxy) is 2. The molecule has 26 heavy (non-hydrogen) atoms. The van der Waals surface area contributed by atoms with Crippen molar-refractivity contribution in [1.82, 2.24) is 15.1 Å². The topological polar surface area (TPSA) is 72.7 Å². The van der Waals surface area contributed by atoms with Gasteiger partial charge in [-0.2, -0.15) is 5.10 Å². The summed E-state index contributed by atoms with van der Waals surface area (Å²) in [6.45, 7) is 4.87.